The summed E-state index contributed by atoms with van der Waals surface area (Å²) >= 11 is 0. The molecule has 1 rings (SSSR count). The summed E-state index contributed by atoms with van der Waals surface area (Å²) in [6, 6.07) is 0. The first-order valence-electron chi connectivity index (χ1n) is 5.31. The Morgan fingerprint density at radius 3 is 2.93 bits per heavy atom. The third kappa shape index (κ3) is 5.49. The van der Waals surface area contributed by atoms with Gasteiger partial charge in [0.25, 0.3) is 0 Å². The Bertz CT molecular complexity index is 272. The van der Waals surface area contributed by atoms with Gasteiger partial charge >= 0.3 is 0 Å². The minimum atomic E-state index is 0.599. The maximum absolute atomic E-state index is 5.43. The molecule has 1 heterocycles. The highest BCUT2D eigenvalue weighted by molar-refractivity contribution is 4.79. The van der Waals surface area contributed by atoms with Gasteiger partial charge in [0.2, 0.25) is 0 Å². The van der Waals surface area contributed by atoms with Gasteiger partial charge in [-0.25, -0.2) is 4.98 Å². The highest BCUT2D eigenvalue weighted by Gasteiger charge is 1.97. The predicted octanol–water partition coefficient (Wildman–Crippen LogP) is 0.577. The third-order valence-corrected chi connectivity index (χ3v) is 1.80. The number of ether oxygens (including phenoxy) is 1. The third-order valence-electron chi connectivity index (χ3n) is 1.80. The van der Waals surface area contributed by atoms with Crippen LogP contribution >= 0.6 is 0 Å². The van der Waals surface area contributed by atoms with Crippen molar-refractivity contribution in [1.29, 1.82) is 0 Å². The second kappa shape index (κ2) is 6.53. The summed E-state index contributed by atoms with van der Waals surface area (Å²) < 4.78 is 7.13. The molecule has 86 valence electrons. The smallest absolute Gasteiger partial charge is 0.164 e. The van der Waals surface area contributed by atoms with Crippen LogP contribution in [-0.4, -0.2) is 34.5 Å². The van der Waals surface area contributed by atoms with Crippen LogP contribution in [0.2, 0.25) is 0 Å². The molecule has 0 radical (unpaired) electrons. The lowest BCUT2D eigenvalue weighted by Crippen LogP contribution is -2.21. The Labute approximate surface area is 90.8 Å². The lowest BCUT2D eigenvalue weighted by Gasteiger charge is -2.06. The molecule has 0 aromatic carbocycles. The molecule has 0 spiro atoms. The Balaban J connectivity index is 1.98. The number of nitrogens with one attached hydrogen (secondary N) is 1. The van der Waals surface area contributed by atoms with Gasteiger partial charge in [0.1, 0.15) is 6.33 Å². The molecule has 15 heavy (non-hydrogen) atoms. The molecule has 0 aliphatic carbocycles. The van der Waals surface area contributed by atoms with E-state index in [1.54, 1.807) is 11.0 Å². The van der Waals surface area contributed by atoms with Crippen molar-refractivity contribution in [2.75, 3.05) is 19.8 Å². The van der Waals surface area contributed by atoms with Crippen LogP contribution in [0.5, 0.6) is 0 Å². The molecule has 0 amide bonds. The minimum Gasteiger partial charge on any atom is -0.380 e. The molecule has 0 bridgehead atoms. The van der Waals surface area contributed by atoms with Crippen LogP contribution in [0.1, 0.15) is 19.7 Å². The summed E-state index contributed by atoms with van der Waals surface area (Å²) in [5.74, 6) is 1.42. The molecule has 0 aliphatic rings. The molecule has 5 nitrogen and oxygen atoms in total. The molecule has 0 saturated heterocycles. The quantitative estimate of drug-likeness (QED) is 0.672. The summed E-state index contributed by atoms with van der Waals surface area (Å²) in [6.45, 7) is 7.39. The van der Waals surface area contributed by atoms with Crippen molar-refractivity contribution in [1.82, 2.24) is 20.1 Å². The topological polar surface area (TPSA) is 52.0 Å². The van der Waals surface area contributed by atoms with Gasteiger partial charge < -0.3 is 10.1 Å². The molecule has 1 aromatic heterocycles. The van der Waals surface area contributed by atoms with Gasteiger partial charge in [0, 0.05) is 20.2 Å². The number of hydrogen-bond donors (Lipinski definition) is 1. The fourth-order valence-corrected chi connectivity index (χ4v) is 1.13. The summed E-state index contributed by atoms with van der Waals surface area (Å²) in [4.78, 5) is 4.11. The van der Waals surface area contributed by atoms with Crippen molar-refractivity contribution in [3.63, 3.8) is 0 Å². The summed E-state index contributed by atoms with van der Waals surface area (Å²) in [6.07, 6.45) is 1.70. The van der Waals surface area contributed by atoms with Crippen molar-refractivity contribution in [2.24, 2.45) is 13.0 Å². The minimum absolute atomic E-state index is 0.599. The summed E-state index contributed by atoms with van der Waals surface area (Å²) in [7, 11) is 1.86. The fraction of sp³-hybridized carbons (Fsp3) is 0.800. The van der Waals surface area contributed by atoms with Gasteiger partial charge in [-0.15, -0.1) is 0 Å². The van der Waals surface area contributed by atoms with Gasteiger partial charge in [-0.2, -0.15) is 5.10 Å². The SMILES string of the molecule is CC(C)COCCNCc1ncn(C)n1. The van der Waals surface area contributed by atoms with E-state index in [1.807, 2.05) is 7.05 Å². The molecular formula is C10H20N4O. The van der Waals surface area contributed by atoms with E-state index in [4.69, 9.17) is 4.74 Å². The van der Waals surface area contributed by atoms with Crippen LogP contribution in [0.3, 0.4) is 0 Å². The lowest BCUT2D eigenvalue weighted by atomic mass is 10.2. The molecule has 5 heteroatoms. The van der Waals surface area contributed by atoms with Crippen molar-refractivity contribution >= 4 is 0 Å². The van der Waals surface area contributed by atoms with Crippen LogP contribution in [-0.2, 0) is 18.3 Å². The van der Waals surface area contributed by atoms with E-state index in [-0.39, 0.29) is 0 Å². The number of aryl methyl sites for hydroxylation is 1. The molecule has 1 aromatic rings. The van der Waals surface area contributed by atoms with Gasteiger partial charge in [0.15, 0.2) is 5.82 Å². The summed E-state index contributed by atoms with van der Waals surface area (Å²) in [5, 5.41) is 7.38. The molecular weight excluding hydrogens is 192 g/mol. The molecule has 0 atom stereocenters. The van der Waals surface area contributed by atoms with Crippen LogP contribution in [0.15, 0.2) is 6.33 Å². The first-order valence-corrected chi connectivity index (χ1v) is 5.31. The van der Waals surface area contributed by atoms with E-state index in [9.17, 15) is 0 Å². The monoisotopic (exact) mass is 212 g/mol. The normalized spacial score (nSPS) is 11.2. The molecule has 0 saturated carbocycles. The maximum Gasteiger partial charge on any atom is 0.164 e. The van der Waals surface area contributed by atoms with Crippen molar-refractivity contribution < 1.29 is 4.74 Å². The standard InChI is InChI=1S/C10H20N4O/c1-9(2)7-15-5-4-11-6-10-12-8-14(3)13-10/h8-9,11H,4-7H2,1-3H3. The molecule has 0 aliphatic heterocycles. The number of aromatic nitrogens is 3. The van der Waals surface area contributed by atoms with Gasteiger partial charge in [-0.05, 0) is 5.92 Å². The van der Waals surface area contributed by atoms with Gasteiger partial charge in [-0.3, -0.25) is 4.68 Å². The fourth-order valence-electron chi connectivity index (χ4n) is 1.13. The molecule has 0 fully saturated rings. The lowest BCUT2D eigenvalue weighted by molar-refractivity contribution is 0.111. The van der Waals surface area contributed by atoms with Crippen LogP contribution in [0.25, 0.3) is 0 Å². The zero-order valence-electron chi connectivity index (χ0n) is 9.73. The van der Waals surface area contributed by atoms with E-state index < -0.39 is 0 Å². The summed E-state index contributed by atoms with van der Waals surface area (Å²) in [5.41, 5.74) is 0. The number of nitrogens with zero attached hydrogens (tertiary/aromatic N) is 3. The number of hydrogen-bond acceptors (Lipinski definition) is 4. The van der Waals surface area contributed by atoms with E-state index in [2.05, 4.69) is 29.2 Å². The Morgan fingerprint density at radius 2 is 2.33 bits per heavy atom. The first-order chi connectivity index (χ1) is 7.18. The van der Waals surface area contributed by atoms with Crippen LogP contribution < -0.4 is 5.32 Å². The van der Waals surface area contributed by atoms with E-state index in [1.165, 1.54) is 0 Å². The van der Waals surface area contributed by atoms with Crippen molar-refractivity contribution in [3.8, 4) is 0 Å². The molecule has 1 N–H and O–H groups in total. The van der Waals surface area contributed by atoms with Crippen LogP contribution in [0.4, 0.5) is 0 Å². The molecule has 0 unspecified atom stereocenters. The largest absolute Gasteiger partial charge is 0.380 e. The Kier molecular flexibility index (Phi) is 5.28. The average molecular weight is 212 g/mol. The second-order valence-corrected chi connectivity index (χ2v) is 3.98. The van der Waals surface area contributed by atoms with E-state index >= 15 is 0 Å². The highest BCUT2D eigenvalue weighted by Crippen LogP contribution is 1.91. The Morgan fingerprint density at radius 1 is 1.53 bits per heavy atom. The van der Waals surface area contributed by atoms with Gasteiger partial charge in [-0.1, -0.05) is 13.8 Å². The van der Waals surface area contributed by atoms with Crippen LogP contribution in [0, 0.1) is 5.92 Å². The van der Waals surface area contributed by atoms with Crippen molar-refractivity contribution in [2.45, 2.75) is 20.4 Å². The maximum atomic E-state index is 5.43. The number of rotatable bonds is 7. The zero-order valence-corrected chi connectivity index (χ0v) is 9.73. The van der Waals surface area contributed by atoms with Crippen molar-refractivity contribution in [3.05, 3.63) is 12.2 Å². The predicted molar refractivity (Wildman–Crippen MR) is 58.4 cm³/mol. The van der Waals surface area contributed by atoms with Gasteiger partial charge in [0.05, 0.1) is 13.2 Å². The second-order valence-electron chi connectivity index (χ2n) is 3.98. The average Bonchev–Trinajstić information content (AvgIpc) is 2.57. The van der Waals surface area contributed by atoms with E-state index in [0.29, 0.717) is 12.5 Å². The van der Waals surface area contributed by atoms with E-state index in [0.717, 1.165) is 25.6 Å². The zero-order chi connectivity index (χ0) is 11.1. The first kappa shape index (κ1) is 12.1. The highest BCUT2D eigenvalue weighted by atomic mass is 16.5. The Hall–Kier alpha value is -0.940.